The number of amides is 1. The largest absolute Gasteiger partial charge is 0.355 e. The number of thioether (sulfide) groups is 1. The van der Waals surface area contributed by atoms with Gasteiger partial charge in [-0.3, -0.25) is 4.79 Å². The van der Waals surface area contributed by atoms with Gasteiger partial charge in [-0.2, -0.15) is 11.8 Å². The highest BCUT2D eigenvalue weighted by atomic mass is 32.2. The number of carbonyl (C=O) groups is 1. The van der Waals surface area contributed by atoms with Gasteiger partial charge in [-0.1, -0.05) is 30.3 Å². The van der Waals surface area contributed by atoms with E-state index in [1.54, 1.807) is 0 Å². The summed E-state index contributed by atoms with van der Waals surface area (Å²) in [7, 11) is 0. The van der Waals surface area contributed by atoms with E-state index in [1.807, 2.05) is 42.1 Å². The molecule has 19 heavy (non-hydrogen) atoms. The molecule has 104 valence electrons. The first-order valence-electron chi connectivity index (χ1n) is 6.91. The van der Waals surface area contributed by atoms with Gasteiger partial charge in [0.25, 0.3) is 0 Å². The van der Waals surface area contributed by atoms with E-state index < -0.39 is 0 Å². The third kappa shape index (κ3) is 4.25. The second-order valence-electron chi connectivity index (χ2n) is 5.00. The molecule has 0 aromatic heterocycles. The van der Waals surface area contributed by atoms with Gasteiger partial charge in [-0.15, -0.1) is 0 Å². The highest BCUT2D eigenvalue weighted by Crippen LogP contribution is 2.22. The quantitative estimate of drug-likeness (QED) is 0.866. The Morgan fingerprint density at radius 1 is 1.32 bits per heavy atom. The minimum Gasteiger partial charge on any atom is -0.355 e. The predicted octanol–water partition coefficient (Wildman–Crippen LogP) is 1.99. The maximum atomic E-state index is 12.2. The van der Waals surface area contributed by atoms with Crippen LogP contribution in [-0.4, -0.2) is 30.5 Å². The van der Waals surface area contributed by atoms with Gasteiger partial charge >= 0.3 is 0 Å². The molecule has 0 saturated carbocycles. The summed E-state index contributed by atoms with van der Waals surface area (Å²) in [6.07, 6.45) is 2.42. The summed E-state index contributed by atoms with van der Waals surface area (Å²) in [6, 6.07) is 9.78. The molecule has 3 N–H and O–H groups in total. The zero-order valence-electron chi connectivity index (χ0n) is 11.2. The minimum absolute atomic E-state index is 0.0620. The summed E-state index contributed by atoms with van der Waals surface area (Å²) < 4.78 is 0. The Balaban J connectivity index is 1.86. The van der Waals surface area contributed by atoms with Crippen LogP contribution >= 0.6 is 11.8 Å². The van der Waals surface area contributed by atoms with Crippen molar-refractivity contribution in [3.05, 3.63) is 35.9 Å². The average molecular weight is 278 g/mol. The Kier molecular flexibility index (Phi) is 5.73. The number of hydrogen-bond donors (Lipinski definition) is 2. The molecular formula is C15H22N2OS. The Labute approximate surface area is 119 Å². The number of rotatable bonds is 5. The molecule has 3 nitrogen and oxygen atoms in total. The molecular weight excluding hydrogens is 256 g/mol. The highest BCUT2D eigenvalue weighted by molar-refractivity contribution is 7.99. The van der Waals surface area contributed by atoms with Crippen LogP contribution in [0.25, 0.3) is 0 Å². The maximum absolute atomic E-state index is 12.2. The van der Waals surface area contributed by atoms with E-state index in [0.29, 0.717) is 12.5 Å². The smallest absolute Gasteiger partial charge is 0.228 e. The monoisotopic (exact) mass is 278 g/mol. The first-order chi connectivity index (χ1) is 9.31. The zero-order valence-corrected chi connectivity index (χ0v) is 12.0. The van der Waals surface area contributed by atoms with Crippen LogP contribution in [0.15, 0.2) is 30.3 Å². The summed E-state index contributed by atoms with van der Waals surface area (Å²) in [5.74, 6) is 2.92. The van der Waals surface area contributed by atoms with E-state index >= 15 is 0 Å². The minimum atomic E-state index is -0.223. The lowest BCUT2D eigenvalue weighted by atomic mass is 9.97. The fourth-order valence-corrected chi connectivity index (χ4v) is 3.60. The average Bonchev–Trinajstić information content (AvgIpc) is 2.48. The van der Waals surface area contributed by atoms with Gasteiger partial charge in [0.05, 0.1) is 5.92 Å². The molecule has 0 bridgehead atoms. The van der Waals surface area contributed by atoms with Crippen molar-refractivity contribution in [3.8, 4) is 0 Å². The molecule has 1 aromatic carbocycles. The van der Waals surface area contributed by atoms with Crippen molar-refractivity contribution in [1.29, 1.82) is 0 Å². The van der Waals surface area contributed by atoms with E-state index in [-0.39, 0.29) is 11.8 Å². The molecule has 4 heteroatoms. The maximum Gasteiger partial charge on any atom is 0.228 e. The fourth-order valence-electron chi connectivity index (χ4n) is 2.40. The van der Waals surface area contributed by atoms with E-state index in [1.165, 1.54) is 24.3 Å². The number of carbonyl (C=O) groups excluding carboxylic acids is 1. The predicted molar refractivity (Wildman–Crippen MR) is 81.3 cm³/mol. The van der Waals surface area contributed by atoms with E-state index in [9.17, 15) is 4.79 Å². The number of nitrogens with one attached hydrogen (secondary N) is 1. The molecule has 0 aliphatic carbocycles. The summed E-state index contributed by atoms with van der Waals surface area (Å²) in [5.41, 5.74) is 6.75. The van der Waals surface area contributed by atoms with Crippen LogP contribution in [0.1, 0.15) is 24.3 Å². The summed E-state index contributed by atoms with van der Waals surface area (Å²) in [5, 5.41) is 3.07. The van der Waals surface area contributed by atoms with E-state index in [2.05, 4.69) is 5.32 Å². The zero-order chi connectivity index (χ0) is 13.5. The molecule has 1 heterocycles. The molecule has 1 amide bonds. The van der Waals surface area contributed by atoms with Gasteiger partial charge in [-0.25, -0.2) is 0 Å². The Morgan fingerprint density at radius 3 is 2.63 bits per heavy atom. The SMILES string of the molecule is NCC(C(=O)NCC1CCSCC1)c1ccccc1. The molecule has 1 atom stereocenters. The number of nitrogens with two attached hydrogens (primary N) is 1. The van der Waals surface area contributed by atoms with Crippen LogP contribution in [0.5, 0.6) is 0 Å². The van der Waals surface area contributed by atoms with Crippen molar-refractivity contribution >= 4 is 17.7 Å². The van der Waals surface area contributed by atoms with E-state index in [0.717, 1.165) is 12.1 Å². The lowest BCUT2D eigenvalue weighted by Crippen LogP contribution is -2.37. The van der Waals surface area contributed by atoms with Gasteiger partial charge in [-0.05, 0) is 35.8 Å². The lowest BCUT2D eigenvalue weighted by molar-refractivity contribution is -0.122. The third-order valence-electron chi connectivity index (χ3n) is 3.66. The molecule has 1 aliphatic rings. The van der Waals surface area contributed by atoms with Crippen LogP contribution in [0.3, 0.4) is 0 Å². The summed E-state index contributed by atoms with van der Waals surface area (Å²) in [4.78, 5) is 12.2. The molecule has 0 spiro atoms. The summed E-state index contributed by atoms with van der Waals surface area (Å²) in [6.45, 7) is 1.15. The van der Waals surface area contributed by atoms with Crippen molar-refractivity contribution in [2.45, 2.75) is 18.8 Å². The standard InChI is InChI=1S/C15H22N2OS/c16-10-14(13-4-2-1-3-5-13)15(18)17-11-12-6-8-19-9-7-12/h1-5,12,14H,6-11,16H2,(H,17,18). The molecule has 1 aromatic rings. The van der Waals surface area contributed by atoms with Gasteiger partial charge in [0, 0.05) is 13.1 Å². The summed E-state index contributed by atoms with van der Waals surface area (Å²) >= 11 is 2.01. The van der Waals surface area contributed by atoms with Crippen LogP contribution < -0.4 is 11.1 Å². The van der Waals surface area contributed by atoms with Crippen LogP contribution in [-0.2, 0) is 4.79 Å². The Morgan fingerprint density at radius 2 is 2.00 bits per heavy atom. The third-order valence-corrected chi connectivity index (χ3v) is 4.71. The van der Waals surface area contributed by atoms with Crippen molar-refractivity contribution in [2.75, 3.05) is 24.6 Å². The molecule has 0 radical (unpaired) electrons. The second-order valence-corrected chi connectivity index (χ2v) is 6.22. The molecule has 1 saturated heterocycles. The number of hydrogen-bond acceptors (Lipinski definition) is 3. The topological polar surface area (TPSA) is 55.1 Å². The van der Waals surface area contributed by atoms with Gasteiger partial charge < -0.3 is 11.1 Å². The Hall–Kier alpha value is -1.00. The van der Waals surface area contributed by atoms with Crippen molar-refractivity contribution in [1.82, 2.24) is 5.32 Å². The van der Waals surface area contributed by atoms with Gasteiger partial charge in [0.2, 0.25) is 5.91 Å². The van der Waals surface area contributed by atoms with Crippen molar-refractivity contribution in [3.63, 3.8) is 0 Å². The molecule has 1 aliphatic heterocycles. The lowest BCUT2D eigenvalue weighted by Gasteiger charge is -2.23. The van der Waals surface area contributed by atoms with Crippen LogP contribution in [0, 0.1) is 5.92 Å². The molecule has 1 fully saturated rings. The first-order valence-corrected chi connectivity index (χ1v) is 8.07. The van der Waals surface area contributed by atoms with E-state index in [4.69, 9.17) is 5.73 Å². The van der Waals surface area contributed by atoms with Gasteiger partial charge in [0.1, 0.15) is 0 Å². The second kappa shape index (κ2) is 7.56. The van der Waals surface area contributed by atoms with Crippen molar-refractivity contribution in [2.24, 2.45) is 11.7 Å². The van der Waals surface area contributed by atoms with Gasteiger partial charge in [0.15, 0.2) is 0 Å². The van der Waals surface area contributed by atoms with Crippen LogP contribution in [0.2, 0.25) is 0 Å². The number of benzene rings is 1. The Bertz CT molecular complexity index is 390. The van der Waals surface area contributed by atoms with Crippen LogP contribution in [0.4, 0.5) is 0 Å². The molecule has 2 rings (SSSR count). The highest BCUT2D eigenvalue weighted by Gasteiger charge is 2.20. The van der Waals surface area contributed by atoms with Crippen molar-refractivity contribution < 1.29 is 4.79 Å². The fraction of sp³-hybridized carbons (Fsp3) is 0.533. The molecule has 1 unspecified atom stereocenters. The first kappa shape index (κ1) is 14.4. The normalized spacial score (nSPS) is 17.9.